The van der Waals surface area contributed by atoms with Crippen molar-refractivity contribution in [2.75, 3.05) is 5.73 Å². The third-order valence-corrected chi connectivity index (χ3v) is 3.82. The van der Waals surface area contributed by atoms with Crippen LogP contribution < -0.4 is 10.5 Å². The van der Waals surface area contributed by atoms with E-state index in [9.17, 15) is 4.39 Å². The van der Waals surface area contributed by atoms with Crippen LogP contribution in [0.3, 0.4) is 0 Å². The number of hydrogen-bond acceptors (Lipinski definition) is 8. The third kappa shape index (κ3) is 3.45. The number of ether oxygens (including phenoxy) is 1. The van der Waals surface area contributed by atoms with E-state index >= 15 is 0 Å². The Bertz CT molecular complexity index is 1060. The van der Waals surface area contributed by atoms with Crippen LogP contribution in [0.25, 0.3) is 22.8 Å². The van der Waals surface area contributed by atoms with Gasteiger partial charge in [0.15, 0.2) is 0 Å². The number of aryl methyl sites for hydroxylation is 1. The van der Waals surface area contributed by atoms with Gasteiger partial charge in [-0.1, -0.05) is 5.16 Å². The van der Waals surface area contributed by atoms with Gasteiger partial charge < -0.3 is 15.0 Å². The lowest BCUT2D eigenvalue weighted by Gasteiger charge is -2.06. The summed E-state index contributed by atoms with van der Waals surface area (Å²) in [6.07, 6.45) is 4.26. The fraction of sp³-hybridized carbons (Fsp3) is 0.118. The largest absolute Gasteiger partial charge is 0.471 e. The van der Waals surface area contributed by atoms with Crippen molar-refractivity contribution in [3.8, 4) is 28.7 Å². The normalized spacial score (nSPS) is 10.9. The molecule has 0 fully saturated rings. The molecule has 0 radical (unpaired) electrons. The van der Waals surface area contributed by atoms with Crippen LogP contribution in [0.15, 0.2) is 47.4 Å². The van der Waals surface area contributed by atoms with Gasteiger partial charge in [-0.15, -0.1) is 0 Å². The highest BCUT2D eigenvalue weighted by atomic mass is 19.1. The molecular formula is C17H14FN7O2. The lowest BCUT2D eigenvalue weighted by atomic mass is 10.2. The molecule has 0 aliphatic rings. The molecule has 4 aromatic heterocycles. The molecule has 4 heterocycles. The molecule has 0 saturated heterocycles. The molecule has 27 heavy (non-hydrogen) atoms. The SMILES string of the molecule is Cn1ncc(-c2nc(-c3ccc(N)nc3)no2)c1COc1ccc(F)cn1. The van der Waals surface area contributed by atoms with Crippen molar-refractivity contribution in [1.29, 1.82) is 0 Å². The Labute approximate surface area is 152 Å². The Morgan fingerprint density at radius 1 is 1.15 bits per heavy atom. The third-order valence-electron chi connectivity index (χ3n) is 3.82. The molecule has 136 valence electrons. The Balaban J connectivity index is 1.58. The van der Waals surface area contributed by atoms with Crippen LogP contribution in [-0.4, -0.2) is 29.9 Å². The second-order valence-corrected chi connectivity index (χ2v) is 5.63. The number of anilines is 1. The van der Waals surface area contributed by atoms with Crippen LogP contribution in [0.1, 0.15) is 5.69 Å². The van der Waals surface area contributed by atoms with E-state index in [2.05, 4.69) is 25.2 Å². The van der Waals surface area contributed by atoms with Gasteiger partial charge in [-0.05, 0) is 18.2 Å². The van der Waals surface area contributed by atoms with Gasteiger partial charge >= 0.3 is 0 Å². The number of pyridine rings is 2. The number of hydrogen-bond donors (Lipinski definition) is 1. The number of nitrogens with two attached hydrogens (primary N) is 1. The van der Waals surface area contributed by atoms with Crippen LogP contribution in [0.2, 0.25) is 0 Å². The maximum Gasteiger partial charge on any atom is 0.261 e. The fourth-order valence-electron chi connectivity index (χ4n) is 2.39. The molecule has 10 heteroatoms. The molecule has 0 atom stereocenters. The van der Waals surface area contributed by atoms with E-state index < -0.39 is 5.82 Å². The van der Waals surface area contributed by atoms with Gasteiger partial charge in [0.05, 0.1) is 23.7 Å². The first-order chi connectivity index (χ1) is 13.1. The second kappa shape index (κ2) is 6.83. The van der Waals surface area contributed by atoms with Crippen LogP contribution in [0.4, 0.5) is 10.2 Å². The summed E-state index contributed by atoms with van der Waals surface area (Å²) in [5.41, 5.74) is 7.59. The van der Waals surface area contributed by atoms with E-state index in [0.717, 1.165) is 6.20 Å². The summed E-state index contributed by atoms with van der Waals surface area (Å²) in [5, 5.41) is 8.18. The molecule has 0 aromatic carbocycles. The predicted octanol–water partition coefficient (Wildman–Crippen LogP) is 2.23. The fourth-order valence-corrected chi connectivity index (χ4v) is 2.39. The highest BCUT2D eigenvalue weighted by Crippen LogP contribution is 2.25. The lowest BCUT2D eigenvalue weighted by molar-refractivity contribution is 0.282. The molecular weight excluding hydrogens is 353 g/mol. The molecule has 0 aliphatic carbocycles. The minimum Gasteiger partial charge on any atom is -0.471 e. The maximum atomic E-state index is 12.9. The number of aromatic nitrogens is 6. The number of nitrogen functional groups attached to an aromatic ring is 1. The molecule has 0 saturated carbocycles. The van der Waals surface area contributed by atoms with Gasteiger partial charge in [0.25, 0.3) is 5.89 Å². The molecule has 0 aliphatic heterocycles. The van der Waals surface area contributed by atoms with E-state index in [0.29, 0.717) is 40.2 Å². The van der Waals surface area contributed by atoms with Gasteiger partial charge in [0, 0.05) is 24.9 Å². The quantitative estimate of drug-likeness (QED) is 0.570. The van der Waals surface area contributed by atoms with Gasteiger partial charge in [0.1, 0.15) is 18.2 Å². The highest BCUT2D eigenvalue weighted by molar-refractivity contribution is 5.61. The summed E-state index contributed by atoms with van der Waals surface area (Å²) in [4.78, 5) is 12.3. The summed E-state index contributed by atoms with van der Waals surface area (Å²) in [6.45, 7) is 0.144. The molecule has 9 nitrogen and oxygen atoms in total. The summed E-state index contributed by atoms with van der Waals surface area (Å²) >= 11 is 0. The van der Waals surface area contributed by atoms with Crippen LogP contribution in [0, 0.1) is 5.82 Å². The monoisotopic (exact) mass is 367 g/mol. The van der Waals surface area contributed by atoms with E-state index in [4.69, 9.17) is 15.0 Å². The van der Waals surface area contributed by atoms with Crippen molar-refractivity contribution in [2.24, 2.45) is 7.05 Å². The van der Waals surface area contributed by atoms with Crippen molar-refractivity contribution in [2.45, 2.75) is 6.61 Å². The summed E-state index contributed by atoms with van der Waals surface area (Å²) < 4.78 is 25.5. The smallest absolute Gasteiger partial charge is 0.261 e. The number of nitrogens with zero attached hydrogens (tertiary/aromatic N) is 6. The summed E-state index contributed by atoms with van der Waals surface area (Å²) in [7, 11) is 1.77. The molecule has 4 aromatic rings. The molecule has 0 amide bonds. The average Bonchev–Trinajstić information content (AvgIpc) is 3.29. The van der Waals surface area contributed by atoms with Crippen molar-refractivity contribution >= 4 is 5.82 Å². The molecule has 2 N–H and O–H groups in total. The first kappa shape index (κ1) is 16.6. The van der Waals surface area contributed by atoms with Crippen molar-refractivity contribution in [3.05, 3.63) is 54.4 Å². The minimum absolute atomic E-state index is 0.144. The Morgan fingerprint density at radius 3 is 2.78 bits per heavy atom. The molecule has 0 spiro atoms. The Kier molecular flexibility index (Phi) is 4.21. The number of halogens is 1. The molecule has 0 unspecified atom stereocenters. The van der Waals surface area contributed by atoms with E-state index in [1.165, 1.54) is 12.1 Å². The lowest BCUT2D eigenvalue weighted by Crippen LogP contribution is -2.05. The van der Waals surface area contributed by atoms with Crippen LogP contribution in [-0.2, 0) is 13.7 Å². The Hall–Kier alpha value is -3.82. The average molecular weight is 367 g/mol. The highest BCUT2D eigenvalue weighted by Gasteiger charge is 2.18. The van der Waals surface area contributed by atoms with Gasteiger partial charge in [0.2, 0.25) is 11.7 Å². The minimum atomic E-state index is -0.431. The summed E-state index contributed by atoms with van der Waals surface area (Å²) in [5.74, 6) is 0.944. The standard InChI is InChI=1S/C17H14FN7O2/c1-25-13(9-26-15-5-3-11(18)7-21-15)12(8-22-25)17-23-16(24-27-17)10-2-4-14(19)20-6-10/h2-8H,9H2,1H3,(H2,19,20). The van der Waals surface area contributed by atoms with E-state index in [-0.39, 0.29) is 6.61 Å². The Morgan fingerprint density at radius 2 is 2.04 bits per heavy atom. The molecule has 0 bridgehead atoms. The maximum absolute atomic E-state index is 12.9. The first-order valence-electron chi connectivity index (χ1n) is 7.91. The van der Waals surface area contributed by atoms with E-state index in [1.807, 2.05) is 0 Å². The van der Waals surface area contributed by atoms with Gasteiger partial charge in [-0.3, -0.25) is 4.68 Å². The van der Waals surface area contributed by atoms with Crippen molar-refractivity contribution in [3.63, 3.8) is 0 Å². The predicted molar refractivity (Wildman–Crippen MR) is 92.7 cm³/mol. The first-order valence-corrected chi connectivity index (χ1v) is 7.91. The van der Waals surface area contributed by atoms with Crippen LogP contribution >= 0.6 is 0 Å². The zero-order valence-corrected chi connectivity index (χ0v) is 14.2. The van der Waals surface area contributed by atoms with Gasteiger partial charge in [-0.25, -0.2) is 14.4 Å². The topological polar surface area (TPSA) is 118 Å². The van der Waals surface area contributed by atoms with Gasteiger partial charge in [-0.2, -0.15) is 10.1 Å². The zero-order valence-electron chi connectivity index (χ0n) is 14.2. The summed E-state index contributed by atoms with van der Waals surface area (Å²) in [6, 6.07) is 6.14. The number of rotatable bonds is 5. The zero-order chi connectivity index (χ0) is 18.8. The van der Waals surface area contributed by atoms with Crippen molar-refractivity contribution < 1.29 is 13.7 Å². The van der Waals surface area contributed by atoms with Crippen LogP contribution in [0.5, 0.6) is 5.88 Å². The van der Waals surface area contributed by atoms with Crippen molar-refractivity contribution in [1.82, 2.24) is 29.9 Å². The molecule has 4 rings (SSSR count). The second-order valence-electron chi connectivity index (χ2n) is 5.63. The van der Waals surface area contributed by atoms with E-state index in [1.54, 1.807) is 36.3 Å².